The van der Waals surface area contributed by atoms with Crippen molar-refractivity contribution in [1.29, 1.82) is 21.0 Å². The Bertz CT molecular complexity index is 3580. The zero-order valence-corrected chi connectivity index (χ0v) is 36.3. The summed E-state index contributed by atoms with van der Waals surface area (Å²) in [5.41, 5.74) is -0.699. The number of ether oxygens (including phenoxy) is 2. The molecular formula is C51H24N6O6S3. The van der Waals surface area contributed by atoms with Crippen molar-refractivity contribution in [1.82, 2.24) is 0 Å². The molecule has 10 rings (SSSR count). The van der Waals surface area contributed by atoms with Crippen LogP contribution in [-0.4, -0.2) is 34.9 Å². The zero-order valence-electron chi connectivity index (χ0n) is 33.8. The number of benzene rings is 4. The molecule has 0 radical (unpaired) electrons. The van der Waals surface area contributed by atoms with Crippen LogP contribution in [0.1, 0.15) is 53.4 Å². The Morgan fingerprint density at radius 2 is 1.03 bits per heavy atom. The molecule has 7 aromatic rings. The summed E-state index contributed by atoms with van der Waals surface area (Å²) in [5.74, 6) is -3.09. The van der Waals surface area contributed by atoms with Crippen molar-refractivity contribution in [3.63, 3.8) is 0 Å². The van der Waals surface area contributed by atoms with Gasteiger partial charge in [-0.3, -0.25) is 19.2 Å². The molecule has 0 aliphatic heterocycles. The Hall–Kier alpha value is -8.70. The van der Waals surface area contributed by atoms with E-state index in [0.717, 1.165) is 4.70 Å². The van der Waals surface area contributed by atoms with Gasteiger partial charge in [0.25, 0.3) is 0 Å². The predicted octanol–water partition coefficient (Wildman–Crippen LogP) is 10.2. The lowest BCUT2D eigenvalue weighted by Crippen LogP contribution is -2.46. The van der Waals surface area contributed by atoms with E-state index in [9.17, 15) is 30.6 Å². The normalized spacial score (nSPS) is 15.4. The number of rotatable bonds is 8. The van der Waals surface area contributed by atoms with Gasteiger partial charge in [-0.1, -0.05) is 109 Å². The van der Waals surface area contributed by atoms with Gasteiger partial charge in [0.05, 0.1) is 19.8 Å². The first-order chi connectivity index (χ1) is 32.2. The van der Waals surface area contributed by atoms with Gasteiger partial charge in [0.2, 0.25) is 17.0 Å². The molecule has 0 spiro atoms. The molecule has 3 aliphatic rings. The van der Waals surface area contributed by atoms with Gasteiger partial charge in [0.15, 0.2) is 0 Å². The third-order valence-electron chi connectivity index (χ3n) is 11.2. The van der Waals surface area contributed by atoms with Crippen LogP contribution in [-0.2, 0) is 37.7 Å². The fraction of sp³-hybridized carbons (Fsp3) is 0.0588. The first kappa shape index (κ1) is 41.3. The smallest absolute Gasteiger partial charge is 0.334 e. The molecule has 0 atom stereocenters. The number of esters is 2. The number of allylic oxidation sites excluding steroid dienone is 4. The fourth-order valence-electron chi connectivity index (χ4n) is 8.29. The molecule has 0 saturated carbocycles. The molecule has 15 heteroatoms. The quantitative estimate of drug-likeness (QED) is 0.0801. The van der Waals surface area contributed by atoms with Crippen LogP contribution < -0.4 is 0 Å². The molecule has 3 heterocycles. The third kappa shape index (κ3) is 6.43. The lowest BCUT2D eigenvalue weighted by Gasteiger charge is -2.27. The maximum atomic E-state index is 15.2. The molecule has 4 aromatic carbocycles. The van der Waals surface area contributed by atoms with Crippen molar-refractivity contribution in [3.05, 3.63) is 176 Å². The lowest BCUT2D eigenvalue weighted by molar-refractivity contribution is -0.164. The number of nitrogens with zero attached hydrogens (tertiary/aromatic N) is 6. The highest BCUT2D eigenvalue weighted by atomic mass is 32.1. The van der Waals surface area contributed by atoms with Crippen molar-refractivity contribution in [2.24, 2.45) is 9.98 Å². The van der Waals surface area contributed by atoms with E-state index in [4.69, 9.17) is 19.5 Å². The van der Waals surface area contributed by atoms with Gasteiger partial charge in [0.1, 0.15) is 65.1 Å². The zero-order chi connectivity index (χ0) is 45.7. The number of nitriles is 4. The molecule has 0 bridgehead atoms. The van der Waals surface area contributed by atoms with Crippen LogP contribution in [0.4, 0.5) is 5.00 Å². The molecule has 0 saturated heterocycles. The van der Waals surface area contributed by atoms with Crippen LogP contribution in [0, 0.1) is 45.3 Å². The minimum absolute atomic E-state index is 0.0320. The molecule has 0 fully saturated rings. The molecule has 0 N–H and O–H groups in total. The largest absolute Gasteiger partial charge is 0.459 e. The maximum Gasteiger partial charge on any atom is 0.334 e. The topological polar surface area (TPSA) is 207 Å². The van der Waals surface area contributed by atoms with E-state index in [1.54, 1.807) is 103 Å². The number of fused-ring (bicyclic) bond motifs is 7. The monoisotopic (exact) mass is 912 g/mol. The summed E-state index contributed by atoms with van der Waals surface area (Å²) in [7, 11) is 0. The number of hydrogen-bond acceptors (Lipinski definition) is 15. The average molecular weight is 913 g/mol. The van der Waals surface area contributed by atoms with Crippen LogP contribution in [0.2, 0.25) is 0 Å². The summed E-state index contributed by atoms with van der Waals surface area (Å²) in [4.78, 5) is 68.4. The highest BCUT2D eigenvalue weighted by Crippen LogP contribution is 2.57. The fourth-order valence-corrected chi connectivity index (χ4v) is 12.5. The van der Waals surface area contributed by atoms with Crippen molar-refractivity contribution >= 4 is 110 Å². The molecule has 0 amide bonds. The second-order valence-electron chi connectivity index (χ2n) is 14.9. The first-order valence-electron chi connectivity index (χ1n) is 19.9. The summed E-state index contributed by atoms with van der Waals surface area (Å²) in [5, 5.41) is 40.3. The van der Waals surface area contributed by atoms with Crippen molar-refractivity contribution in [3.8, 4) is 24.3 Å². The summed E-state index contributed by atoms with van der Waals surface area (Å²) < 4.78 is 14.8. The SMILES string of the molecule is N#CC(C#N)=C1/C(=N/C2=Cc3sc4c(sc5cc(/N=C6\C(=O)c7ccccc7C6=C(C#N)C#N)sc54)c3C2(C(=O)OCc2ccccc2)C(=O)OCc2ccccc2)C(=O)c2ccccc21. The predicted molar refractivity (Wildman–Crippen MR) is 250 cm³/mol. The van der Waals surface area contributed by atoms with Crippen LogP contribution in [0.5, 0.6) is 0 Å². The number of thiophene rings is 3. The molecule has 312 valence electrons. The maximum absolute atomic E-state index is 15.2. The van der Waals surface area contributed by atoms with Crippen LogP contribution >= 0.6 is 34.0 Å². The Morgan fingerprint density at radius 3 is 1.53 bits per heavy atom. The van der Waals surface area contributed by atoms with Crippen molar-refractivity contribution in [2.75, 3.05) is 0 Å². The number of ketones is 2. The Labute approximate surface area is 386 Å². The van der Waals surface area contributed by atoms with Gasteiger partial charge in [-0.25, -0.2) is 9.98 Å². The van der Waals surface area contributed by atoms with Crippen LogP contribution in [0.15, 0.2) is 142 Å². The average Bonchev–Trinajstić information content (AvgIpc) is 4.17. The highest BCUT2D eigenvalue weighted by molar-refractivity contribution is 7.40. The molecule has 3 aromatic heterocycles. The molecule has 66 heavy (non-hydrogen) atoms. The second kappa shape index (κ2) is 16.5. The second-order valence-corrected chi connectivity index (χ2v) is 18.0. The van der Waals surface area contributed by atoms with E-state index in [0.29, 0.717) is 51.8 Å². The van der Waals surface area contributed by atoms with Crippen LogP contribution in [0.3, 0.4) is 0 Å². The molecule has 3 aliphatic carbocycles. The van der Waals surface area contributed by atoms with Gasteiger partial charge in [-0.2, -0.15) is 21.0 Å². The van der Waals surface area contributed by atoms with Gasteiger partial charge < -0.3 is 9.47 Å². The Balaban J connectivity index is 1.18. The number of hydrogen-bond donors (Lipinski definition) is 0. The third-order valence-corrected chi connectivity index (χ3v) is 15.0. The number of aliphatic imine (C=N–C) groups is 2. The first-order valence-corrected chi connectivity index (χ1v) is 22.4. The van der Waals surface area contributed by atoms with E-state index in [1.165, 1.54) is 40.1 Å². The van der Waals surface area contributed by atoms with E-state index in [2.05, 4.69) is 0 Å². The molecule has 12 nitrogen and oxygen atoms in total. The standard InChI is InChI=1S/C51H24N6O6S3/c52-21-29(22-53)39-31-15-7-9-17-33(31)44(58)42(39)56-37-19-35-41(51(37,49(60)62-25-27-11-3-1-4-12-27)50(61)63-26-28-13-5-2-6-14-28)47-48(64-35)46-36(65-47)20-38(66-46)57-43-40(30(23-54)24-55)32-16-8-10-18-34(32)45(43)59/h1-20H,25-26H2/b56-42-,57-43-. The lowest BCUT2D eigenvalue weighted by atomic mass is 9.81. The van der Waals surface area contributed by atoms with Crippen molar-refractivity contribution in [2.45, 2.75) is 18.6 Å². The molecular weight excluding hydrogens is 889 g/mol. The summed E-state index contributed by atoms with van der Waals surface area (Å²) in [6.07, 6.45) is 1.54. The Kier molecular flexibility index (Phi) is 10.3. The van der Waals surface area contributed by atoms with Gasteiger partial charge in [0, 0.05) is 37.4 Å². The Morgan fingerprint density at radius 1 is 0.561 bits per heavy atom. The van der Waals surface area contributed by atoms with E-state index < -0.39 is 28.9 Å². The van der Waals surface area contributed by atoms with E-state index in [1.807, 2.05) is 36.4 Å². The minimum atomic E-state index is -2.42. The van der Waals surface area contributed by atoms with Gasteiger partial charge in [-0.05, 0) is 34.4 Å². The summed E-state index contributed by atoms with van der Waals surface area (Å²) >= 11 is 3.77. The summed E-state index contributed by atoms with van der Waals surface area (Å²) in [6, 6.07) is 40.2. The van der Waals surface area contributed by atoms with E-state index in [-0.39, 0.29) is 63.8 Å². The van der Waals surface area contributed by atoms with Crippen LogP contribution in [0.25, 0.3) is 36.0 Å². The number of carbonyl (C=O) groups excluding carboxylic acids is 4. The molecule has 0 unspecified atom stereocenters. The highest BCUT2D eigenvalue weighted by Gasteiger charge is 2.60. The number of Topliss-reactive ketones (excluding diaryl/α,β-unsaturated/α-hetero) is 2. The van der Waals surface area contributed by atoms with Crippen molar-refractivity contribution < 1.29 is 28.7 Å². The number of carbonyl (C=O) groups is 4. The van der Waals surface area contributed by atoms with E-state index >= 15 is 9.59 Å². The van der Waals surface area contributed by atoms with Gasteiger partial charge in [-0.15, -0.1) is 34.0 Å². The summed E-state index contributed by atoms with van der Waals surface area (Å²) in [6.45, 7) is -0.464. The minimum Gasteiger partial charge on any atom is -0.459 e. The van der Waals surface area contributed by atoms with Gasteiger partial charge >= 0.3 is 11.9 Å².